The van der Waals surface area contributed by atoms with Gasteiger partial charge in [-0.2, -0.15) is 0 Å². The smallest absolute Gasteiger partial charge is 0.278 e. The molecule has 2 fully saturated rings. The summed E-state index contributed by atoms with van der Waals surface area (Å²) in [6, 6.07) is 6.35. The number of halogens is 4. The van der Waals surface area contributed by atoms with Crippen molar-refractivity contribution in [1.82, 2.24) is 24.8 Å². The fourth-order valence-electron chi connectivity index (χ4n) is 6.36. The number of aryl methyl sites for hydroxylation is 1. The molecule has 11 heteroatoms. The molecule has 2 aliphatic heterocycles. The molecule has 7 nitrogen and oxygen atoms in total. The Bertz CT molecular complexity index is 1430. The van der Waals surface area contributed by atoms with E-state index < -0.39 is 29.3 Å². The minimum Gasteiger partial charge on any atom is -0.366 e. The van der Waals surface area contributed by atoms with Crippen LogP contribution in [0.4, 0.5) is 24.7 Å². The third-order valence-corrected chi connectivity index (χ3v) is 9.38. The zero-order valence-corrected chi connectivity index (χ0v) is 26.7. The first-order valence-electron chi connectivity index (χ1n) is 15.4. The highest BCUT2D eigenvalue weighted by atomic mass is 35.5. The highest BCUT2D eigenvalue weighted by Gasteiger charge is 2.45. The second-order valence-corrected chi connectivity index (χ2v) is 12.9. The number of nitrogens with zero attached hydrogens (tertiary/aromatic N) is 6. The molecular weight excluding hydrogens is 575 g/mol. The molecule has 2 aliphatic rings. The molecule has 5 rings (SSSR count). The largest absolute Gasteiger partial charge is 0.366 e. The third-order valence-electron chi connectivity index (χ3n) is 9.10. The Hall–Kier alpha value is -2.69. The van der Waals surface area contributed by atoms with E-state index in [9.17, 15) is 0 Å². The van der Waals surface area contributed by atoms with Gasteiger partial charge in [0.2, 0.25) is 0 Å². The summed E-state index contributed by atoms with van der Waals surface area (Å²) in [5, 5.41) is 4.28. The van der Waals surface area contributed by atoms with Crippen molar-refractivity contribution in [2.75, 3.05) is 49.5 Å². The minimum atomic E-state index is -3.27. The van der Waals surface area contributed by atoms with Gasteiger partial charge in [0.05, 0.1) is 22.7 Å². The van der Waals surface area contributed by atoms with Crippen molar-refractivity contribution in [3.05, 3.63) is 52.2 Å². The van der Waals surface area contributed by atoms with Crippen molar-refractivity contribution in [3.63, 3.8) is 0 Å². The number of piperazine rings is 1. The van der Waals surface area contributed by atoms with Crippen LogP contribution in [-0.2, 0) is 5.92 Å². The zero-order valence-electron chi connectivity index (χ0n) is 26.0. The topological polar surface area (TPSA) is 60.4 Å². The van der Waals surface area contributed by atoms with Gasteiger partial charge in [-0.15, -0.1) is 0 Å². The number of likely N-dealkylation sites (tertiary alicyclic amines) is 1. The Morgan fingerprint density at radius 1 is 0.907 bits per heavy atom. The number of hydrogen-bond donors (Lipinski definition) is 1. The average molecular weight is 618 g/mol. The first-order chi connectivity index (χ1) is 20.4. The van der Waals surface area contributed by atoms with Crippen LogP contribution in [0.15, 0.2) is 24.3 Å². The first kappa shape index (κ1) is 31.7. The van der Waals surface area contributed by atoms with Crippen LogP contribution in [0.2, 0.25) is 5.15 Å². The predicted molar refractivity (Wildman–Crippen MR) is 168 cm³/mol. The predicted octanol–water partition coefficient (Wildman–Crippen LogP) is 7.04. The number of hydrogen-bond acceptors (Lipinski definition) is 7. The molecular formula is C32H43ClF3N7. The van der Waals surface area contributed by atoms with Gasteiger partial charge in [-0.05, 0) is 73.5 Å². The second-order valence-electron chi connectivity index (χ2n) is 12.5. The average Bonchev–Trinajstić information content (AvgIpc) is 2.96. The fraction of sp³-hybridized carbons (Fsp3) is 0.594. The molecule has 0 saturated carbocycles. The van der Waals surface area contributed by atoms with Crippen LogP contribution in [0.5, 0.6) is 0 Å². The summed E-state index contributed by atoms with van der Waals surface area (Å²) in [6.45, 7) is 16.6. The number of aromatic nitrogens is 3. The van der Waals surface area contributed by atoms with Crippen LogP contribution in [0.1, 0.15) is 70.5 Å². The summed E-state index contributed by atoms with van der Waals surface area (Å²) >= 11 is 6.64. The van der Waals surface area contributed by atoms with Gasteiger partial charge in [0, 0.05) is 49.7 Å². The number of piperidine rings is 1. The van der Waals surface area contributed by atoms with Crippen molar-refractivity contribution in [3.8, 4) is 0 Å². The summed E-state index contributed by atoms with van der Waals surface area (Å²) in [5.74, 6) is -4.12. The molecule has 0 radical (unpaired) electrons. The molecule has 43 heavy (non-hydrogen) atoms. The van der Waals surface area contributed by atoms with E-state index in [0.717, 1.165) is 31.9 Å². The number of alkyl halides is 2. The van der Waals surface area contributed by atoms with Crippen molar-refractivity contribution in [2.24, 2.45) is 5.92 Å². The summed E-state index contributed by atoms with van der Waals surface area (Å²) in [4.78, 5) is 20.5. The number of fused-ring (bicyclic) bond motifs is 1. The van der Waals surface area contributed by atoms with E-state index in [1.54, 1.807) is 19.9 Å². The Morgan fingerprint density at radius 2 is 1.53 bits per heavy atom. The van der Waals surface area contributed by atoms with Gasteiger partial charge in [-0.3, -0.25) is 4.90 Å². The van der Waals surface area contributed by atoms with E-state index in [0.29, 0.717) is 65.8 Å². The van der Waals surface area contributed by atoms with Crippen LogP contribution in [-0.4, -0.2) is 76.1 Å². The van der Waals surface area contributed by atoms with Crippen LogP contribution in [0.25, 0.3) is 11.0 Å². The molecule has 1 atom stereocenters. The Kier molecular flexibility index (Phi) is 9.40. The molecule has 0 unspecified atom stereocenters. The molecule has 0 bridgehead atoms. The summed E-state index contributed by atoms with van der Waals surface area (Å²) in [6.07, 6.45) is 0.665. The summed E-state index contributed by atoms with van der Waals surface area (Å²) in [5.41, 5.74) is 0.831. The molecule has 4 heterocycles. The van der Waals surface area contributed by atoms with E-state index >= 15 is 13.2 Å². The van der Waals surface area contributed by atoms with Crippen molar-refractivity contribution >= 4 is 34.1 Å². The van der Waals surface area contributed by atoms with E-state index in [1.165, 1.54) is 12.1 Å². The van der Waals surface area contributed by atoms with Crippen LogP contribution >= 0.6 is 11.6 Å². The first-order valence-corrected chi connectivity index (χ1v) is 15.8. The number of anilines is 2. The standard InChI is InChI=1S/C32H43ClF3N7/c1-19(2)41-12-10-23(11-13-41)32(35,36)26-9-7-8-24(28(26)34)21(5)37-30-25-18-27(29(33)40-31(25)39-22(6)38-30)43-16-14-42(15-17-43)20(3)4/h7-9,18-21,23H,10-17H2,1-6H3,(H,37,38,39,40)/t21-/m1/s1. The zero-order chi connectivity index (χ0) is 31.1. The van der Waals surface area contributed by atoms with Crippen molar-refractivity contribution in [2.45, 2.75) is 78.4 Å². The molecule has 0 amide bonds. The van der Waals surface area contributed by atoms with E-state index in [2.05, 4.69) is 62.7 Å². The van der Waals surface area contributed by atoms with E-state index in [-0.39, 0.29) is 5.56 Å². The van der Waals surface area contributed by atoms with Crippen LogP contribution in [0.3, 0.4) is 0 Å². The van der Waals surface area contributed by atoms with Crippen molar-refractivity contribution < 1.29 is 13.2 Å². The van der Waals surface area contributed by atoms with Crippen LogP contribution in [0, 0.1) is 18.7 Å². The number of rotatable bonds is 8. The molecule has 3 aromatic rings. The molecule has 234 valence electrons. The number of benzene rings is 1. The Morgan fingerprint density at radius 3 is 2.16 bits per heavy atom. The maximum Gasteiger partial charge on any atom is 0.278 e. The molecule has 1 aromatic carbocycles. The Balaban J connectivity index is 1.41. The van der Waals surface area contributed by atoms with Gasteiger partial charge in [-0.1, -0.05) is 29.8 Å². The molecule has 0 spiro atoms. The van der Waals surface area contributed by atoms with Gasteiger partial charge in [-0.25, -0.2) is 28.1 Å². The van der Waals surface area contributed by atoms with Gasteiger partial charge in [0.1, 0.15) is 17.5 Å². The van der Waals surface area contributed by atoms with Crippen LogP contribution < -0.4 is 10.2 Å². The molecule has 2 aromatic heterocycles. The van der Waals surface area contributed by atoms with Gasteiger partial charge < -0.3 is 15.1 Å². The number of nitrogens with one attached hydrogen (secondary N) is 1. The maximum absolute atomic E-state index is 15.9. The molecule has 2 saturated heterocycles. The van der Waals surface area contributed by atoms with Crippen molar-refractivity contribution in [1.29, 1.82) is 0 Å². The normalized spacial score (nSPS) is 18.7. The Labute approximate surface area is 257 Å². The highest BCUT2D eigenvalue weighted by Crippen LogP contribution is 2.44. The third kappa shape index (κ3) is 6.56. The lowest BCUT2D eigenvalue weighted by molar-refractivity contribution is -0.0900. The van der Waals surface area contributed by atoms with Gasteiger partial charge in [0.25, 0.3) is 5.92 Å². The van der Waals surface area contributed by atoms with E-state index in [1.807, 2.05) is 6.07 Å². The summed E-state index contributed by atoms with van der Waals surface area (Å²) in [7, 11) is 0. The summed E-state index contributed by atoms with van der Waals surface area (Å²) < 4.78 is 47.4. The lowest BCUT2D eigenvalue weighted by Crippen LogP contribution is -2.49. The monoisotopic (exact) mass is 617 g/mol. The quantitative estimate of drug-likeness (QED) is 0.272. The highest BCUT2D eigenvalue weighted by molar-refractivity contribution is 6.32. The van der Waals surface area contributed by atoms with Gasteiger partial charge in [0.15, 0.2) is 10.8 Å². The molecule has 1 N–H and O–H groups in total. The fourth-order valence-corrected chi connectivity index (χ4v) is 6.62. The maximum atomic E-state index is 15.9. The minimum absolute atomic E-state index is 0.160. The second kappa shape index (κ2) is 12.7. The molecule has 0 aliphatic carbocycles. The lowest BCUT2D eigenvalue weighted by Gasteiger charge is -2.38. The van der Waals surface area contributed by atoms with Gasteiger partial charge >= 0.3 is 0 Å². The number of pyridine rings is 1. The van der Waals surface area contributed by atoms with E-state index in [4.69, 9.17) is 11.6 Å². The lowest BCUT2D eigenvalue weighted by atomic mass is 9.85. The SMILES string of the molecule is Cc1nc(N[C@H](C)c2cccc(C(F)(F)C3CCN(C(C)C)CC3)c2F)c2cc(N3CCN(C(C)C)CC3)c(Cl)nc2n1.